The summed E-state index contributed by atoms with van der Waals surface area (Å²) in [7, 11) is 1.30. The normalized spacial score (nSPS) is 11.7. The summed E-state index contributed by atoms with van der Waals surface area (Å²) in [4.78, 5) is 39.3. The largest absolute Gasteiger partial charge is 0.465 e. The molecule has 29 heavy (non-hydrogen) atoms. The van der Waals surface area contributed by atoms with Crippen LogP contribution in [0.1, 0.15) is 15.2 Å². The second-order valence-electron chi connectivity index (χ2n) is 5.57. The van der Waals surface area contributed by atoms with Crippen molar-refractivity contribution in [3.8, 4) is 12.3 Å². The van der Waals surface area contributed by atoms with Crippen molar-refractivity contribution in [2.75, 3.05) is 7.11 Å². The Morgan fingerprint density at radius 1 is 1.34 bits per heavy atom. The number of nitro groups is 1. The van der Waals surface area contributed by atoms with Gasteiger partial charge in [0.2, 0.25) is 0 Å². The predicted octanol–water partition coefficient (Wildman–Crippen LogP) is 3.23. The molecule has 0 fully saturated rings. The number of terminal acetylenes is 1. The number of hydrogen-bond donors (Lipinski definition) is 0. The van der Waals surface area contributed by atoms with E-state index < -0.39 is 16.8 Å². The lowest BCUT2D eigenvalue weighted by atomic mass is 10.2. The molecule has 0 aliphatic carbocycles. The number of carbonyl (C=O) groups is 2. The van der Waals surface area contributed by atoms with Crippen LogP contribution in [0.2, 0.25) is 0 Å². The highest BCUT2D eigenvalue weighted by atomic mass is 32.1. The molecule has 0 saturated carbocycles. The minimum atomic E-state index is -0.536. The van der Waals surface area contributed by atoms with Crippen molar-refractivity contribution in [1.82, 2.24) is 4.57 Å². The number of amides is 1. The van der Waals surface area contributed by atoms with Gasteiger partial charge >= 0.3 is 11.0 Å². The van der Waals surface area contributed by atoms with Gasteiger partial charge in [-0.05, 0) is 30.3 Å². The van der Waals surface area contributed by atoms with E-state index >= 15 is 0 Å². The van der Waals surface area contributed by atoms with Crippen LogP contribution in [-0.2, 0) is 16.1 Å². The van der Waals surface area contributed by atoms with E-state index in [-0.39, 0.29) is 11.5 Å². The van der Waals surface area contributed by atoms with Crippen molar-refractivity contribution in [2.24, 2.45) is 4.99 Å². The van der Waals surface area contributed by atoms with Crippen LogP contribution in [0.5, 0.6) is 0 Å². The summed E-state index contributed by atoms with van der Waals surface area (Å²) in [5.74, 6) is 1.52. The van der Waals surface area contributed by atoms with Gasteiger partial charge < -0.3 is 9.30 Å². The van der Waals surface area contributed by atoms with Gasteiger partial charge in [0.25, 0.3) is 5.91 Å². The van der Waals surface area contributed by atoms with Crippen LogP contribution >= 0.6 is 22.7 Å². The number of thiophene rings is 1. The summed E-state index contributed by atoms with van der Waals surface area (Å²) in [6, 6.07) is 7.92. The van der Waals surface area contributed by atoms with E-state index in [0.29, 0.717) is 15.2 Å². The molecule has 2 aromatic heterocycles. The molecule has 0 bridgehead atoms. The smallest absolute Gasteiger partial charge is 0.337 e. The first-order valence-electron chi connectivity index (χ1n) is 8.09. The van der Waals surface area contributed by atoms with Crippen molar-refractivity contribution in [3.05, 3.63) is 61.8 Å². The molecule has 3 aromatic rings. The summed E-state index contributed by atoms with van der Waals surface area (Å²) in [6.45, 7) is 0.199. The third-order valence-corrected chi connectivity index (χ3v) is 5.79. The first-order chi connectivity index (χ1) is 13.9. The predicted molar refractivity (Wildman–Crippen MR) is 111 cm³/mol. The number of carbonyl (C=O) groups excluding carboxylic acids is 2. The van der Waals surface area contributed by atoms with E-state index in [4.69, 9.17) is 11.2 Å². The number of thiazole rings is 1. The number of fused-ring (bicyclic) bond motifs is 1. The second-order valence-corrected chi connectivity index (χ2v) is 7.67. The average Bonchev–Trinajstić information content (AvgIpc) is 3.31. The zero-order valence-electron chi connectivity index (χ0n) is 15.0. The standard InChI is InChI=1S/C19H13N3O5S2/c1-3-10-21-14-7-4-12(18(24)27-2)11-15(14)29-19(21)20-16(23)8-5-13-6-9-17(28-13)22(25)26/h1,4-9,11H,10H2,2H3. The number of hydrogen-bond acceptors (Lipinski definition) is 7. The van der Waals surface area contributed by atoms with Gasteiger partial charge in [-0.1, -0.05) is 28.6 Å². The number of rotatable bonds is 5. The molecule has 146 valence electrons. The number of benzene rings is 1. The minimum absolute atomic E-state index is 0.00758. The monoisotopic (exact) mass is 427 g/mol. The SMILES string of the molecule is C#CCn1c(=NC(=O)C=Cc2ccc([N+](=O)[O-])s2)sc2cc(C(=O)OC)ccc21. The van der Waals surface area contributed by atoms with Gasteiger partial charge in [0, 0.05) is 17.0 Å². The molecule has 10 heteroatoms. The Morgan fingerprint density at radius 3 is 2.79 bits per heavy atom. The van der Waals surface area contributed by atoms with E-state index in [1.54, 1.807) is 28.8 Å². The van der Waals surface area contributed by atoms with Crippen molar-refractivity contribution in [3.63, 3.8) is 0 Å². The molecular formula is C19H13N3O5S2. The fourth-order valence-corrected chi connectivity index (χ4v) is 4.26. The summed E-state index contributed by atoms with van der Waals surface area (Å²) >= 11 is 2.17. The van der Waals surface area contributed by atoms with E-state index in [0.717, 1.165) is 21.6 Å². The van der Waals surface area contributed by atoms with Crippen LogP contribution < -0.4 is 4.80 Å². The van der Waals surface area contributed by atoms with E-state index in [1.165, 1.54) is 36.7 Å². The lowest BCUT2D eigenvalue weighted by molar-refractivity contribution is -0.380. The average molecular weight is 427 g/mol. The van der Waals surface area contributed by atoms with Crippen molar-refractivity contribution in [2.45, 2.75) is 6.54 Å². The van der Waals surface area contributed by atoms with Crippen molar-refractivity contribution in [1.29, 1.82) is 0 Å². The lowest BCUT2D eigenvalue weighted by Gasteiger charge is -2.01. The molecular weight excluding hydrogens is 414 g/mol. The Kier molecular flexibility index (Phi) is 6.01. The highest BCUT2D eigenvalue weighted by molar-refractivity contribution is 7.16. The highest BCUT2D eigenvalue weighted by Gasteiger charge is 2.12. The van der Waals surface area contributed by atoms with Gasteiger partial charge in [0.15, 0.2) is 4.80 Å². The summed E-state index contributed by atoms with van der Waals surface area (Å²) in [6.07, 6.45) is 8.14. The van der Waals surface area contributed by atoms with Crippen LogP contribution in [-0.4, -0.2) is 28.5 Å². The molecule has 1 aromatic carbocycles. The molecule has 0 radical (unpaired) electrons. The summed E-state index contributed by atoms with van der Waals surface area (Å²) in [5.41, 5.74) is 1.12. The molecule has 0 saturated heterocycles. The van der Waals surface area contributed by atoms with Gasteiger partial charge in [-0.2, -0.15) is 4.99 Å². The van der Waals surface area contributed by atoms with E-state index in [2.05, 4.69) is 10.9 Å². The van der Waals surface area contributed by atoms with Crippen LogP contribution in [0.4, 0.5) is 5.00 Å². The lowest BCUT2D eigenvalue weighted by Crippen LogP contribution is -2.15. The highest BCUT2D eigenvalue weighted by Crippen LogP contribution is 2.25. The van der Waals surface area contributed by atoms with E-state index in [9.17, 15) is 19.7 Å². The number of ether oxygens (including phenoxy) is 1. The second kappa shape index (κ2) is 8.64. The fraction of sp³-hybridized carbons (Fsp3) is 0.105. The Balaban J connectivity index is 1.96. The first kappa shape index (κ1) is 20.2. The molecule has 1 amide bonds. The first-order valence-corrected chi connectivity index (χ1v) is 9.72. The molecule has 0 spiro atoms. The van der Waals surface area contributed by atoms with Gasteiger partial charge in [-0.25, -0.2) is 4.79 Å². The van der Waals surface area contributed by atoms with Gasteiger partial charge in [0.05, 0.1) is 34.4 Å². The summed E-state index contributed by atoms with van der Waals surface area (Å²) in [5, 5.41) is 10.7. The zero-order chi connectivity index (χ0) is 21.0. The third kappa shape index (κ3) is 4.48. The topological polar surface area (TPSA) is 104 Å². The molecule has 2 heterocycles. The number of nitrogens with zero attached hydrogens (tertiary/aromatic N) is 3. The van der Waals surface area contributed by atoms with Gasteiger partial charge in [-0.15, -0.1) is 6.42 Å². The molecule has 0 aliphatic rings. The van der Waals surface area contributed by atoms with Crippen LogP contribution in [0.25, 0.3) is 16.3 Å². The van der Waals surface area contributed by atoms with Crippen LogP contribution in [0.15, 0.2) is 41.4 Å². The van der Waals surface area contributed by atoms with Gasteiger partial charge in [0.1, 0.15) is 0 Å². The van der Waals surface area contributed by atoms with E-state index in [1.807, 2.05) is 0 Å². The quantitative estimate of drug-likeness (QED) is 0.204. The molecule has 0 unspecified atom stereocenters. The molecule has 8 nitrogen and oxygen atoms in total. The third-order valence-electron chi connectivity index (χ3n) is 3.74. The van der Waals surface area contributed by atoms with Gasteiger partial charge in [-0.3, -0.25) is 14.9 Å². The van der Waals surface area contributed by atoms with Crippen molar-refractivity contribution < 1.29 is 19.2 Å². The molecule has 0 atom stereocenters. The molecule has 0 aliphatic heterocycles. The number of methoxy groups -OCH3 is 1. The maximum atomic E-state index is 12.3. The molecule has 3 rings (SSSR count). The van der Waals surface area contributed by atoms with Crippen LogP contribution in [0, 0.1) is 22.5 Å². The Morgan fingerprint density at radius 2 is 2.14 bits per heavy atom. The van der Waals surface area contributed by atoms with Crippen molar-refractivity contribution >= 4 is 55.8 Å². The Hall–Kier alpha value is -3.55. The zero-order valence-corrected chi connectivity index (χ0v) is 16.7. The number of aromatic nitrogens is 1. The minimum Gasteiger partial charge on any atom is -0.465 e. The Bertz CT molecular complexity index is 1260. The maximum absolute atomic E-state index is 12.3. The molecule has 0 N–H and O–H groups in total. The number of esters is 1. The van der Waals surface area contributed by atoms with Crippen LogP contribution in [0.3, 0.4) is 0 Å². The summed E-state index contributed by atoms with van der Waals surface area (Å²) < 4.78 is 7.15. The maximum Gasteiger partial charge on any atom is 0.337 e. The Labute approximate surface area is 172 Å². The fourth-order valence-electron chi connectivity index (χ4n) is 2.46.